The second-order valence-corrected chi connectivity index (χ2v) is 6.53. The number of nitrogens with one attached hydrogen (secondary N) is 1. The van der Waals surface area contributed by atoms with Crippen LogP contribution in [0.2, 0.25) is 0 Å². The van der Waals surface area contributed by atoms with Crippen LogP contribution in [0.25, 0.3) is 0 Å². The van der Waals surface area contributed by atoms with Gasteiger partial charge in [0.25, 0.3) is 0 Å². The van der Waals surface area contributed by atoms with Gasteiger partial charge in [-0.1, -0.05) is 13.3 Å². The van der Waals surface area contributed by atoms with E-state index >= 15 is 0 Å². The van der Waals surface area contributed by atoms with E-state index in [4.69, 9.17) is 9.47 Å². The molecule has 1 aliphatic heterocycles. The molecule has 1 saturated heterocycles. The molecular formula is C16H32N2O3. The normalized spacial score (nSPS) is 37.4. The molecule has 2 N–H and O–H groups in total. The van der Waals surface area contributed by atoms with E-state index in [0.29, 0.717) is 5.92 Å². The number of likely N-dealkylation sites (tertiary alicyclic amines) is 1. The molecule has 1 heterocycles. The van der Waals surface area contributed by atoms with Gasteiger partial charge in [0, 0.05) is 32.8 Å². The highest BCUT2D eigenvalue weighted by atomic mass is 16.5. The van der Waals surface area contributed by atoms with Gasteiger partial charge in [-0.05, 0) is 38.3 Å². The van der Waals surface area contributed by atoms with Crippen molar-refractivity contribution < 1.29 is 14.6 Å². The van der Waals surface area contributed by atoms with Crippen molar-refractivity contribution in [2.24, 2.45) is 5.92 Å². The number of hydrogen-bond donors (Lipinski definition) is 2. The molecule has 5 heteroatoms. The van der Waals surface area contributed by atoms with Crippen molar-refractivity contribution in [1.82, 2.24) is 10.2 Å². The van der Waals surface area contributed by atoms with Crippen LogP contribution >= 0.6 is 0 Å². The van der Waals surface area contributed by atoms with Crippen molar-refractivity contribution in [3.8, 4) is 0 Å². The van der Waals surface area contributed by atoms with E-state index in [-0.39, 0.29) is 24.4 Å². The Hall–Kier alpha value is -0.200. The molecular weight excluding hydrogens is 268 g/mol. The fourth-order valence-electron chi connectivity index (χ4n) is 4.21. The Balaban J connectivity index is 1.85. The summed E-state index contributed by atoms with van der Waals surface area (Å²) in [6.07, 6.45) is 5.07. The Morgan fingerprint density at radius 2 is 1.90 bits per heavy atom. The van der Waals surface area contributed by atoms with Crippen LogP contribution in [0.4, 0.5) is 0 Å². The zero-order valence-corrected chi connectivity index (χ0v) is 13.8. The van der Waals surface area contributed by atoms with Crippen LogP contribution in [-0.2, 0) is 9.47 Å². The zero-order valence-electron chi connectivity index (χ0n) is 13.8. The van der Waals surface area contributed by atoms with Gasteiger partial charge in [-0.15, -0.1) is 0 Å². The van der Waals surface area contributed by atoms with Crippen molar-refractivity contribution in [2.75, 3.05) is 47.0 Å². The van der Waals surface area contributed by atoms with E-state index in [1.807, 2.05) is 0 Å². The summed E-state index contributed by atoms with van der Waals surface area (Å²) in [6, 6.07) is 0. The predicted octanol–water partition coefficient (Wildman–Crippen LogP) is 0.863. The molecule has 124 valence electrons. The summed E-state index contributed by atoms with van der Waals surface area (Å²) in [7, 11) is 3.53. The second kappa shape index (κ2) is 7.88. The minimum Gasteiger partial charge on any atom is -0.394 e. The summed E-state index contributed by atoms with van der Waals surface area (Å²) in [5, 5.41) is 13.4. The summed E-state index contributed by atoms with van der Waals surface area (Å²) in [6.45, 7) is 6.28. The van der Waals surface area contributed by atoms with Crippen molar-refractivity contribution in [3.05, 3.63) is 0 Å². The average Bonchev–Trinajstić information content (AvgIpc) is 3.09. The fraction of sp³-hybridized carbons (Fsp3) is 1.00. The number of likely N-dealkylation sites (N-methyl/N-ethyl adjacent to an activating group) is 1. The largest absolute Gasteiger partial charge is 0.394 e. The van der Waals surface area contributed by atoms with Crippen LogP contribution < -0.4 is 5.32 Å². The molecule has 1 aliphatic carbocycles. The lowest BCUT2D eigenvalue weighted by Gasteiger charge is -2.35. The van der Waals surface area contributed by atoms with E-state index < -0.39 is 0 Å². The topological polar surface area (TPSA) is 54.0 Å². The molecule has 1 saturated carbocycles. The van der Waals surface area contributed by atoms with E-state index in [0.717, 1.165) is 39.0 Å². The van der Waals surface area contributed by atoms with Gasteiger partial charge in [-0.3, -0.25) is 4.90 Å². The number of rotatable bonds is 8. The highest BCUT2D eigenvalue weighted by Crippen LogP contribution is 2.38. The molecule has 0 spiro atoms. The van der Waals surface area contributed by atoms with Gasteiger partial charge in [-0.2, -0.15) is 0 Å². The molecule has 0 aromatic heterocycles. The maximum absolute atomic E-state index is 9.85. The van der Waals surface area contributed by atoms with Gasteiger partial charge in [0.05, 0.1) is 18.8 Å². The van der Waals surface area contributed by atoms with Gasteiger partial charge >= 0.3 is 0 Å². The van der Waals surface area contributed by atoms with E-state index in [9.17, 15) is 5.11 Å². The van der Waals surface area contributed by atoms with Crippen molar-refractivity contribution in [1.29, 1.82) is 0 Å². The Morgan fingerprint density at radius 1 is 1.24 bits per heavy atom. The molecule has 2 rings (SSSR count). The summed E-state index contributed by atoms with van der Waals surface area (Å²) in [5.41, 5.74) is -0.0458. The summed E-state index contributed by atoms with van der Waals surface area (Å²) in [4.78, 5) is 2.44. The number of aliphatic hydroxyl groups excluding tert-OH is 1. The van der Waals surface area contributed by atoms with Gasteiger partial charge in [-0.25, -0.2) is 0 Å². The second-order valence-electron chi connectivity index (χ2n) is 6.53. The van der Waals surface area contributed by atoms with Gasteiger partial charge < -0.3 is 19.9 Å². The lowest BCUT2D eigenvalue weighted by Crippen LogP contribution is -2.51. The van der Waals surface area contributed by atoms with E-state index in [1.165, 1.54) is 12.8 Å². The molecule has 21 heavy (non-hydrogen) atoms. The molecule has 0 radical (unpaired) electrons. The first-order valence-corrected chi connectivity index (χ1v) is 8.33. The SMILES string of the molecule is CCNC1(CO)CCCC1CCN1CC(OC)C(OC)C1. The Kier molecular flexibility index (Phi) is 6.44. The first-order chi connectivity index (χ1) is 10.2. The smallest absolute Gasteiger partial charge is 0.0971 e. The number of hydrogen-bond acceptors (Lipinski definition) is 5. The van der Waals surface area contributed by atoms with Crippen molar-refractivity contribution >= 4 is 0 Å². The Labute approximate surface area is 129 Å². The summed E-state index contributed by atoms with van der Waals surface area (Å²) in [5.74, 6) is 0.574. The standard InChI is InChI=1S/C16H32N2O3/c1-4-17-16(12-19)8-5-6-13(16)7-9-18-10-14(20-2)15(11-18)21-3/h13-15,17,19H,4-12H2,1-3H3. The molecule has 0 aromatic carbocycles. The predicted molar refractivity (Wildman–Crippen MR) is 83.5 cm³/mol. The Bertz CT molecular complexity index is 304. The molecule has 0 amide bonds. The van der Waals surface area contributed by atoms with Crippen LogP contribution in [0.3, 0.4) is 0 Å². The van der Waals surface area contributed by atoms with Crippen molar-refractivity contribution in [3.63, 3.8) is 0 Å². The van der Waals surface area contributed by atoms with Gasteiger partial charge in [0.2, 0.25) is 0 Å². The fourth-order valence-corrected chi connectivity index (χ4v) is 4.21. The van der Waals surface area contributed by atoms with Crippen molar-refractivity contribution in [2.45, 2.75) is 50.4 Å². The summed E-state index contributed by atoms with van der Waals surface area (Å²) < 4.78 is 11.0. The zero-order chi connectivity index (χ0) is 15.3. The first-order valence-electron chi connectivity index (χ1n) is 8.33. The maximum Gasteiger partial charge on any atom is 0.0971 e. The van der Waals surface area contributed by atoms with Crippen LogP contribution in [0, 0.1) is 5.92 Å². The molecule has 0 bridgehead atoms. The third-order valence-corrected chi connectivity index (χ3v) is 5.46. The summed E-state index contributed by atoms with van der Waals surface area (Å²) >= 11 is 0. The third kappa shape index (κ3) is 3.77. The van der Waals surface area contributed by atoms with E-state index in [1.54, 1.807) is 14.2 Å². The first kappa shape index (κ1) is 17.2. The van der Waals surface area contributed by atoms with Crippen LogP contribution in [0.5, 0.6) is 0 Å². The highest BCUT2D eigenvalue weighted by molar-refractivity contribution is 4.99. The Morgan fingerprint density at radius 3 is 2.43 bits per heavy atom. The monoisotopic (exact) mass is 300 g/mol. The number of nitrogens with zero attached hydrogens (tertiary/aromatic N) is 1. The maximum atomic E-state index is 9.85. The molecule has 5 nitrogen and oxygen atoms in total. The molecule has 0 aromatic rings. The quantitative estimate of drug-likeness (QED) is 0.696. The lowest BCUT2D eigenvalue weighted by atomic mass is 9.85. The minimum absolute atomic E-state index is 0.0458. The number of ether oxygens (including phenoxy) is 2. The van der Waals surface area contributed by atoms with Gasteiger partial charge in [0.15, 0.2) is 0 Å². The minimum atomic E-state index is -0.0458. The molecule has 4 unspecified atom stereocenters. The van der Waals surface area contributed by atoms with Crippen LogP contribution in [0.15, 0.2) is 0 Å². The molecule has 2 fully saturated rings. The molecule has 2 aliphatic rings. The highest BCUT2D eigenvalue weighted by Gasteiger charge is 2.42. The van der Waals surface area contributed by atoms with Crippen LogP contribution in [-0.4, -0.2) is 74.8 Å². The van der Waals surface area contributed by atoms with Crippen LogP contribution in [0.1, 0.15) is 32.6 Å². The average molecular weight is 300 g/mol. The third-order valence-electron chi connectivity index (χ3n) is 5.46. The molecule has 4 atom stereocenters. The number of aliphatic hydroxyl groups is 1. The number of methoxy groups -OCH3 is 2. The van der Waals surface area contributed by atoms with Gasteiger partial charge in [0.1, 0.15) is 0 Å². The lowest BCUT2D eigenvalue weighted by molar-refractivity contribution is -0.00461. The van der Waals surface area contributed by atoms with E-state index in [2.05, 4.69) is 17.1 Å².